The van der Waals surface area contributed by atoms with Crippen LogP contribution >= 0.6 is 0 Å². The molecule has 1 heterocycles. The number of para-hydroxylation sites is 2. The highest BCUT2D eigenvalue weighted by atomic mass is 16.5. The number of nitrogens with zero attached hydrogens (tertiary/aromatic N) is 2. The quantitative estimate of drug-likeness (QED) is 0.441. The molecule has 2 aromatic rings. The summed E-state index contributed by atoms with van der Waals surface area (Å²) in [6, 6.07) is 7.33. The van der Waals surface area contributed by atoms with Gasteiger partial charge in [-0.3, -0.25) is 4.98 Å². The van der Waals surface area contributed by atoms with Crippen molar-refractivity contribution < 1.29 is 19.3 Å². The van der Waals surface area contributed by atoms with Crippen LogP contribution in [0.2, 0.25) is 0 Å². The van der Waals surface area contributed by atoms with Crippen LogP contribution in [0.15, 0.2) is 49.3 Å². The van der Waals surface area contributed by atoms with Gasteiger partial charge in [-0.05, 0) is 19.1 Å². The van der Waals surface area contributed by atoms with Gasteiger partial charge in [0.05, 0.1) is 5.69 Å². The number of rotatable bonds is 12. The molecule has 1 aromatic heterocycles. The van der Waals surface area contributed by atoms with Gasteiger partial charge in [0.15, 0.2) is 11.5 Å². The second-order valence-electron chi connectivity index (χ2n) is 5.51. The molecule has 1 aromatic carbocycles. The van der Waals surface area contributed by atoms with E-state index >= 15 is 0 Å². The van der Waals surface area contributed by atoms with Crippen molar-refractivity contribution in [3.63, 3.8) is 0 Å². The fourth-order valence-electron chi connectivity index (χ4n) is 2.11. The third-order valence-corrected chi connectivity index (χ3v) is 3.37. The normalized spacial score (nSPS) is 11.6. The molecule has 0 aliphatic carbocycles. The largest absolute Gasteiger partial charge is 0.487 e. The van der Waals surface area contributed by atoms with E-state index in [1.54, 1.807) is 24.5 Å². The zero-order chi connectivity index (χ0) is 18.6. The minimum atomic E-state index is -0.652. The molecule has 26 heavy (non-hydrogen) atoms. The van der Waals surface area contributed by atoms with Crippen molar-refractivity contribution in [2.45, 2.75) is 13.0 Å². The van der Waals surface area contributed by atoms with E-state index in [0.717, 1.165) is 5.69 Å². The van der Waals surface area contributed by atoms with E-state index in [9.17, 15) is 5.11 Å². The first-order chi connectivity index (χ1) is 12.7. The van der Waals surface area contributed by atoms with Crippen molar-refractivity contribution in [3.8, 4) is 17.4 Å². The predicted octanol–water partition coefficient (Wildman–Crippen LogP) is 1.76. The molecule has 140 valence electrons. The Kier molecular flexibility index (Phi) is 8.38. The third kappa shape index (κ3) is 6.70. The van der Waals surface area contributed by atoms with Gasteiger partial charge in [0.2, 0.25) is 5.88 Å². The van der Waals surface area contributed by atoms with Gasteiger partial charge in [0.1, 0.15) is 25.9 Å². The van der Waals surface area contributed by atoms with Crippen LogP contribution in [0.25, 0.3) is 0 Å². The van der Waals surface area contributed by atoms with E-state index in [1.165, 1.54) is 0 Å². The second kappa shape index (κ2) is 11.1. The molecule has 7 nitrogen and oxygen atoms in total. The van der Waals surface area contributed by atoms with Gasteiger partial charge >= 0.3 is 0 Å². The van der Waals surface area contributed by atoms with Crippen molar-refractivity contribution in [1.29, 1.82) is 0 Å². The fourth-order valence-corrected chi connectivity index (χ4v) is 2.11. The number of hydrogen-bond acceptors (Lipinski definition) is 7. The highest BCUT2D eigenvalue weighted by Gasteiger charge is 2.08. The lowest BCUT2D eigenvalue weighted by Gasteiger charge is -2.15. The molecular weight excluding hydrogens is 334 g/mol. The lowest BCUT2D eigenvalue weighted by molar-refractivity contribution is 0.103. The van der Waals surface area contributed by atoms with E-state index in [2.05, 4.69) is 21.9 Å². The molecule has 0 amide bonds. The topological polar surface area (TPSA) is 85.7 Å². The van der Waals surface area contributed by atoms with Crippen molar-refractivity contribution >= 4 is 0 Å². The maximum atomic E-state index is 10.0. The molecule has 2 N–H and O–H groups in total. The van der Waals surface area contributed by atoms with Crippen molar-refractivity contribution in [3.05, 3.63) is 55.0 Å². The summed E-state index contributed by atoms with van der Waals surface area (Å²) in [4.78, 5) is 8.21. The first-order valence-corrected chi connectivity index (χ1v) is 8.45. The summed E-state index contributed by atoms with van der Waals surface area (Å²) < 4.78 is 16.7. The molecule has 0 fully saturated rings. The third-order valence-electron chi connectivity index (χ3n) is 3.37. The van der Waals surface area contributed by atoms with Gasteiger partial charge in [-0.25, -0.2) is 4.98 Å². The zero-order valence-electron chi connectivity index (χ0n) is 14.9. The molecule has 0 saturated heterocycles. The fraction of sp³-hybridized carbons (Fsp3) is 0.368. The van der Waals surface area contributed by atoms with Crippen LogP contribution < -0.4 is 19.5 Å². The van der Waals surface area contributed by atoms with E-state index in [4.69, 9.17) is 14.2 Å². The first kappa shape index (κ1) is 19.7. The number of aryl methyl sites for hydroxylation is 1. The summed E-state index contributed by atoms with van der Waals surface area (Å²) in [6.45, 7) is 7.42. The zero-order valence-corrected chi connectivity index (χ0v) is 14.9. The average Bonchev–Trinajstić information content (AvgIpc) is 2.66. The minimum Gasteiger partial charge on any atom is -0.487 e. The maximum absolute atomic E-state index is 10.0. The monoisotopic (exact) mass is 359 g/mol. The molecule has 0 aliphatic rings. The summed E-state index contributed by atoms with van der Waals surface area (Å²) in [5.41, 5.74) is 0.748. The Bertz CT molecular complexity index is 681. The predicted molar refractivity (Wildman–Crippen MR) is 98.8 cm³/mol. The number of hydrogen-bond donors (Lipinski definition) is 2. The van der Waals surface area contributed by atoms with Crippen LogP contribution in [0.4, 0.5) is 0 Å². The van der Waals surface area contributed by atoms with E-state index in [0.29, 0.717) is 43.7 Å². The molecular formula is C19H25N3O4. The Morgan fingerprint density at radius 1 is 1.15 bits per heavy atom. The van der Waals surface area contributed by atoms with Gasteiger partial charge in [0.25, 0.3) is 0 Å². The number of ether oxygens (including phenoxy) is 3. The summed E-state index contributed by atoms with van der Waals surface area (Å²) in [5.74, 6) is 1.74. The lowest BCUT2D eigenvalue weighted by atomic mass is 10.3. The number of benzene rings is 1. The Labute approximate surface area is 153 Å². The van der Waals surface area contributed by atoms with Crippen molar-refractivity contribution in [2.24, 2.45) is 0 Å². The van der Waals surface area contributed by atoms with Crippen LogP contribution in [0.3, 0.4) is 0 Å². The Hall–Kier alpha value is -2.64. The van der Waals surface area contributed by atoms with Crippen LogP contribution in [0, 0.1) is 6.92 Å². The van der Waals surface area contributed by atoms with Crippen LogP contribution in [-0.2, 0) is 0 Å². The van der Waals surface area contributed by atoms with Gasteiger partial charge < -0.3 is 24.6 Å². The Balaban J connectivity index is 1.64. The Morgan fingerprint density at radius 2 is 1.88 bits per heavy atom. The molecule has 0 radical (unpaired) electrons. The number of aliphatic hydroxyl groups excluding tert-OH is 1. The molecule has 0 bridgehead atoms. The summed E-state index contributed by atoms with van der Waals surface area (Å²) in [7, 11) is 0. The second-order valence-corrected chi connectivity index (χ2v) is 5.51. The minimum absolute atomic E-state index is 0.158. The number of nitrogens with one attached hydrogen (secondary N) is 1. The van der Waals surface area contributed by atoms with Crippen molar-refractivity contribution in [2.75, 3.05) is 32.9 Å². The average molecular weight is 359 g/mol. The molecule has 7 heteroatoms. The molecule has 1 unspecified atom stereocenters. The van der Waals surface area contributed by atoms with E-state index in [-0.39, 0.29) is 6.61 Å². The first-order valence-electron chi connectivity index (χ1n) is 8.45. The van der Waals surface area contributed by atoms with Gasteiger partial charge in [-0.1, -0.05) is 24.8 Å². The van der Waals surface area contributed by atoms with Crippen molar-refractivity contribution in [1.82, 2.24) is 15.3 Å². The summed E-state index contributed by atoms with van der Waals surface area (Å²) in [6.07, 6.45) is 4.23. The molecule has 0 spiro atoms. The summed E-state index contributed by atoms with van der Waals surface area (Å²) in [5, 5.41) is 13.1. The molecule has 1 atom stereocenters. The highest BCUT2D eigenvalue weighted by Crippen LogP contribution is 2.26. The van der Waals surface area contributed by atoms with Gasteiger partial charge in [0, 0.05) is 25.5 Å². The van der Waals surface area contributed by atoms with E-state index in [1.807, 2.05) is 25.1 Å². The maximum Gasteiger partial charge on any atom is 0.235 e. The Morgan fingerprint density at radius 3 is 2.62 bits per heavy atom. The summed E-state index contributed by atoms with van der Waals surface area (Å²) >= 11 is 0. The molecule has 0 saturated carbocycles. The van der Waals surface area contributed by atoms with Gasteiger partial charge in [-0.15, -0.1) is 0 Å². The number of aliphatic hydroxyl groups is 1. The highest BCUT2D eigenvalue weighted by molar-refractivity contribution is 5.39. The van der Waals surface area contributed by atoms with Crippen LogP contribution in [0.1, 0.15) is 5.69 Å². The molecule has 0 aliphatic heterocycles. The number of aromatic nitrogens is 2. The standard InChI is InChI=1S/C19H25N3O4/c1-3-11-24-17-6-4-5-7-18(17)26-14-16(23)13-20-10-12-25-19-15(2)21-8-9-22-19/h3-9,16,20,23H,1,10-14H2,2H3. The SMILES string of the molecule is C=CCOc1ccccc1OCC(O)CNCCOc1nccnc1C. The van der Waals surface area contributed by atoms with Gasteiger partial charge in [-0.2, -0.15) is 0 Å². The van der Waals surface area contributed by atoms with Crippen LogP contribution in [-0.4, -0.2) is 54.1 Å². The molecule has 2 rings (SSSR count). The van der Waals surface area contributed by atoms with E-state index < -0.39 is 6.10 Å². The van der Waals surface area contributed by atoms with Crippen LogP contribution in [0.5, 0.6) is 17.4 Å². The smallest absolute Gasteiger partial charge is 0.235 e. The lowest BCUT2D eigenvalue weighted by Crippen LogP contribution is -2.33.